The van der Waals surface area contributed by atoms with Crippen LogP contribution in [0.4, 0.5) is 0 Å². The minimum atomic E-state index is -0.901. The van der Waals surface area contributed by atoms with Crippen LogP contribution in [-0.2, 0) is 19.7 Å². The number of hydrogen-bond donors (Lipinski definition) is 1. The van der Waals surface area contributed by atoms with Gasteiger partial charge in [0.15, 0.2) is 5.79 Å². The van der Waals surface area contributed by atoms with Crippen LogP contribution in [0.25, 0.3) is 0 Å². The lowest BCUT2D eigenvalue weighted by atomic mass is 9.60. The van der Waals surface area contributed by atoms with Gasteiger partial charge >= 0.3 is 5.97 Å². The van der Waals surface area contributed by atoms with E-state index < -0.39 is 17.2 Å². The molecule has 0 aliphatic heterocycles. The Morgan fingerprint density at radius 3 is 2.00 bits per heavy atom. The molecule has 0 radical (unpaired) electrons. The Morgan fingerprint density at radius 2 is 1.65 bits per heavy atom. The molecule has 20 heavy (non-hydrogen) atoms. The van der Waals surface area contributed by atoms with Gasteiger partial charge in [-0.15, -0.1) is 0 Å². The van der Waals surface area contributed by atoms with Crippen LogP contribution in [0.5, 0.6) is 0 Å². The lowest BCUT2D eigenvalue weighted by molar-refractivity contribution is -0.277. The molecule has 1 aliphatic rings. The monoisotopic (exact) mass is 278 g/mol. The van der Waals surface area contributed by atoms with Gasteiger partial charge < -0.3 is 14.6 Å². The van der Waals surface area contributed by atoms with E-state index in [1.54, 1.807) is 14.2 Å². The van der Waals surface area contributed by atoms with Gasteiger partial charge in [0, 0.05) is 27.1 Å². The van der Waals surface area contributed by atoms with Crippen molar-refractivity contribution in [2.24, 2.45) is 0 Å². The average molecular weight is 278 g/mol. The fourth-order valence-electron chi connectivity index (χ4n) is 2.91. The molecule has 1 N–H and O–H groups in total. The molecule has 0 heterocycles. The van der Waals surface area contributed by atoms with E-state index in [1.165, 1.54) is 5.56 Å². The number of carboxylic acids is 1. The van der Waals surface area contributed by atoms with E-state index >= 15 is 0 Å². The largest absolute Gasteiger partial charge is 0.481 e. The van der Waals surface area contributed by atoms with E-state index in [2.05, 4.69) is 13.8 Å². The van der Waals surface area contributed by atoms with Crippen LogP contribution < -0.4 is 0 Å². The van der Waals surface area contributed by atoms with E-state index in [0.29, 0.717) is 18.8 Å². The number of carbonyl (C=O) groups is 1. The summed E-state index contributed by atoms with van der Waals surface area (Å²) in [6.45, 7) is 4.23. The maximum Gasteiger partial charge on any atom is 0.314 e. The van der Waals surface area contributed by atoms with Crippen molar-refractivity contribution in [2.75, 3.05) is 14.2 Å². The summed E-state index contributed by atoms with van der Waals surface area (Å²) in [4.78, 5) is 11.7. The van der Waals surface area contributed by atoms with Gasteiger partial charge in [-0.25, -0.2) is 0 Å². The highest BCUT2D eigenvalue weighted by molar-refractivity contribution is 5.83. The molecule has 0 atom stereocenters. The number of methoxy groups -OCH3 is 2. The summed E-state index contributed by atoms with van der Waals surface area (Å²) in [7, 11) is 3.11. The molecule has 110 valence electrons. The normalized spacial score (nSPS) is 19.6. The summed E-state index contributed by atoms with van der Waals surface area (Å²) in [5, 5.41) is 9.63. The summed E-state index contributed by atoms with van der Waals surface area (Å²) < 4.78 is 10.7. The molecule has 1 fully saturated rings. The smallest absolute Gasteiger partial charge is 0.314 e. The van der Waals surface area contributed by atoms with Gasteiger partial charge in [-0.1, -0.05) is 38.1 Å². The molecule has 0 amide bonds. The second-order valence-electron chi connectivity index (χ2n) is 5.84. The highest BCUT2D eigenvalue weighted by atomic mass is 16.7. The number of aliphatic carboxylic acids is 1. The standard InChI is InChI=1S/C16H22O4/c1-11(2)12-5-7-13(8-6-12)15(14(17)18)9-16(10-15,19-3)20-4/h5-8,11H,9-10H2,1-4H3,(H,17,18). The molecule has 4 heteroatoms. The van der Waals surface area contributed by atoms with Crippen molar-refractivity contribution in [3.05, 3.63) is 35.4 Å². The zero-order chi connectivity index (χ0) is 15.0. The van der Waals surface area contributed by atoms with Crippen molar-refractivity contribution in [3.8, 4) is 0 Å². The Kier molecular flexibility index (Phi) is 3.89. The molecule has 0 spiro atoms. The first-order chi connectivity index (χ1) is 9.39. The summed E-state index contributed by atoms with van der Waals surface area (Å²) in [6.07, 6.45) is 0.673. The summed E-state index contributed by atoms with van der Waals surface area (Å²) in [6, 6.07) is 7.84. The van der Waals surface area contributed by atoms with Crippen LogP contribution in [-0.4, -0.2) is 31.1 Å². The van der Waals surface area contributed by atoms with E-state index in [-0.39, 0.29) is 0 Å². The first-order valence-electron chi connectivity index (χ1n) is 6.83. The Morgan fingerprint density at radius 1 is 1.15 bits per heavy atom. The number of carboxylic acid groups (broad SMARTS) is 1. The average Bonchev–Trinajstić information content (AvgIpc) is 2.39. The van der Waals surface area contributed by atoms with Gasteiger partial charge in [0.25, 0.3) is 0 Å². The summed E-state index contributed by atoms with van der Waals surface area (Å²) in [5.41, 5.74) is 1.12. The van der Waals surface area contributed by atoms with Crippen LogP contribution in [0.2, 0.25) is 0 Å². The number of hydrogen-bond acceptors (Lipinski definition) is 3. The van der Waals surface area contributed by atoms with E-state index in [4.69, 9.17) is 9.47 Å². The predicted molar refractivity (Wildman–Crippen MR) is 75.8 cm³/mol. The van der Waals surface area contributed by atoms with Gasteiger partial charge in [-0.05, 0) is 17.0 Å². The molecule has 1 aliphatic carbocycles. The van der Waals surface area contributed by atoms with Gasteiger partial charge in [0.1, 0.15) is 5.41 Å². The topological polar surface area (TPSA) is 55.8 Å². The molecular formula is C16H22O4. The van der Waals surface area contributed by atoms with Crippen molar-refractivity contribution in [2.45, 2.75) is 43.8 Å². The first kappa shape index (κ1) is 15.0. The van der Waals surface area contributed by atoms with Crippen LogP contribution in [0.3, 0.4) is 0 Å². The highest BCUT2D eigenvalue weighted by Crippen LogP contribution is 2.52. The summed E-state index contributed by atoms with van der Waals surface area (Å²) in [5.74, 6) is -1.16. The maximum atomic E-state index is 11.7. The lowest BCUT2D eigenvalue weighted by Crippen LogP contribution is -2.60. The molecule has 0 aromatic heterocycles. The zero-order valence-corrected chi connectivity index (χ0v) is 12.5. The van der Waals surface area contributed by atoms with Gasteiger partial charge in [0.2, 0.25) is 0 Å². The van der Waals surface area contributed by atoms with Crippen molar-refractivity contribution in [3.63, 3.8) is 0 Å². The van der Waals surface area contributed by atoms with E-state index in [1.807, 2.05) is 24.3 Å². The molecule has 0 unspecified atom stereocenters. The Labute approximate surface area is 119 Å². The van der Waals surface area contributed by atoms with Gasteiger partial charge in [-0.3, -0.25) is 4.79 Å². The van der Waals surface area contributed by atoms with Crippen molar-refractivity contribution < 1.29 is 19.4 Å². The third kappa shape index (κ3) is 2.23. The minimum absolute atomic E-state index is 0.337. The number of ether oxygens (including phenoxy) is 2. The minimum Gasteiger partial charge on any atom is -0.481 e. The van der Waals surface area contributed by atoms with Crippen LogP contribution in [0, 0.1) is 0 Å². The second kappa shape index (κ2) is 5.19. The molecule has 1 aromatic rings. The molecule has 1 saturated carbocycles. The second-order valence-corrected chi connectivity index (χ2v) is 5.84. The van der Waals surface area contributed by atoms with Gasteiger partial charge in [-0.2, -0.15) is 0 Å². The van der Waals surface area contributed by atoms with Crippen LogP contribution in [0.1, 0.15) is 43.7 Å². The fourth-order valence-corrected chi connectivity index (χ4v) is 2.91. The molecule has 4 nitrogen and oxygen atoms in total. The Balaban J connectivity index is 2.30. The number of benzene rings is 1. The van der Waals surface area contributed by atoms with E-state index in [0.717, 1.165) is 5.56 Å². The Hall–Kier alpha value is -1.39. The lowest BCUT2D eigenvalue weighted by Gasteiger charge is -2.51. The molecule has 2 rings (SSSR count). The highest BCUT2D eigenvalue weighted by Gasteiger charge is 2.61. The third-order valence-corrected chi connectivity index (χ3v) is 4.43. The predicted octanol–water partition coefficient (Wildman–Crippen LogP) is 2.92. The van der Waals surface area contributed by atoms with Crippen LogP contribution in [0.15, 0.2) is 24.3 Å². The maximum absolute atomic E-state index is 11.7. The van der Waals surface area contributed by atoms with Crippen molar-refractivity contribution >= 4 is 5.97 Å². The fraction of sp³-hybridized carbons (Fsp3) is 0.562. The molecular weight excluding hydrogens is 256 g/mol. The Bertz CT molecular complexity index is 478. The third-order valence-electron chi connectivity index (χ3n) is 4.43. The quantitative estimate of drug-likeness (QED) is 0.841. The zero-order valence-electron chi connectivity index (χ0n) is 12.5. The molecule has 0 bridgehead atoms. The SMILES string of the molecule is COC1(OC)CC(C(=O)O)(c2ccc(C(C)C)cc2)C1. The molecule has 1 aromatic carbocycles. The van der Waals surface area contributed by atoms with Gasteiger partial charge in [0.05, 0.1) is 0 Å². The van der Waals surface area contributed by atoms with Crippen molar-refractivity contribution in [1.29, 1.82) is 0 Å². The van der Waals surface area contributed by atoms with E-state index in [9.17, 15) is 9.90 Å². The summed E-state index contributed by atoms with van der Waals surface area (Å²) >= 11 is 0. The number of rotatable bonds is 5. The first-order valence-corrected chi connectivity index (χ1v) is 6.83. The molecule has 0 saturated heterocycles. The van der Waals surface area contributed by atoms with Crippen molar-refractivity contribution in [1.82, 2.24) is 0 Å². The van der Waals surface area contributed by atoms with Crippen LogP contribution >= 0.6 is 0 Å².